The Bertz CT molecular complexity index is 242. The molecule has 0 saturated heterocycles. The summed E-state index contributed by atoms with van der Waals surface area (Å²) in [7, 11) is 0. The normalized spacial score (nSPS) is 9.40. The fourth-order valence-corrected chi connectivity index (χ4v) is 1.13. The summed E-state index contributed by atoms with van der Waals surface area (Å²) in [5, 5.41) is 2.81. The first-order valence-corrected chi connectivity index (χ1v) is 3.49. The van der Waals surface area contributed by atoms with E-state index < -0.39 is 0 Å². The quantitative estimate of drug-likeness (QED) is 0.517. The first-order valence-electron chi connectivity index (χ1n) is 2.70. The van der Waals surface area contributed by atoms with Crippen LogP contribution in [0.4, 0.5) is 5.69 Å². The fraction of sp³-hybridized carbons (Fsp3) is 0.167. The lowest BCUT2D eigenvalue weighted by atomic mass is 10.3. The van der Waals surface area contributed by atoms with Crippen molar-refractivity contribution in [3.8, 4) is 0 Å². The standard InChI is InChI=1S/C6H5BrN2O/c1-4-2-3-8-6(7)5(4)9-10/h2-3H,1H3. The smallest absolute Gasteiger partial charge is 0.143 e. The van der Waals surface area contributed by atoms with E-state index in [9.17, 15) is 4.91 Å². The molecule has 10 heavy (non-hydrogen) atoms. The van der Waals surface area contributed by atoms with E-state index in [2.05, 4.69) is 26.1 Å². The van der Waals surface area contributed by atoms with Gasteiger partial charge in [0.1, 0.15) is 10.3 Å². The Labute approximate surface area is 66.6 Å². The number of nitrogens with zero attached hydrogens (tertiary/aromatic N) is 2. The lowest BCUT2D eigenvalue weighted by molar-refractivity contribution is 1.21. The predicted octanol–water partition coefficient (Wildman–Crippen LogP) is 2.55. The fourth-order valence-electron chi connectivity index (χ4n) is 0.627. The minimum Gasteiger partial charge on any atom is -0.247 e. The van der Waals surface area contributed by atoms with Crippen molar-refractivity contribution >= 4 is 21.6 Å². The van der Waals surface area contributed by atoms with Crippen LogP contribution in [0.5, 0.6) is 0 Å². The van der Waals surface area contributed by atoms with Crippen molar-refractivity contribution < 1.29 is 0 Å². The second-order valence-electron chi connectivity index (χ2n) is 1.86. The number of nitroso groups, excluding NO2 is 1. The molecule has 0 amide bonds. The molecular formula is C6H5BrN2O. The van der Waals surface area contributed by atoms with Gasteiger partial charge in [0.25, 0.3) is 0 Å². The highest BCUT2D eigenvalue weighted by atomic mass is 79.9. The van der Waals surface area contributed by atoms with Crippen molar-refractivity contribution in [2.45, 2.75) is 6.92 Å². The molecule has 1 heterocycles. The van der Waals surface area contributed by atoms with E-state index in [1.807, 2.05) is 6.92 Å². The molecule has 0 saturated carbocycles. The third-order valence-electron chi connectivity index (χ3n) is 1.17. The van der Waals surface area contributed by atoms with Gasteiger partial charge in [-0.15, -0.1) is 4.91 Å². The van der Waals surface area contributed by atoms with E-state index in [1.165, 1.54) is 0 Å². The van der Waals surface area contributed by atoms with Gasteiger partial charge in [0.15, 0.2) is 0 Å². The average Bonchev–Trinajstić information content (AvgIpc) is 1.88. The number of rotatable bonds is 1. The maximum atomic E-state index is 10.1. The summed E-state index contributed by atoms with van der Waals surface area (Å²) < 4.78 is 0.502. The van der Waals surface area contributed by atoms with Crippen LogP contribution in [0.2, 0.25) is 0 Å². The number of pyridine rings is 1. The molecule has 3 nitrogen and oxygen atoms in total. The zero-order valence-corrected chi connectivity index (χ0v) is 6.92. The summed E-state index contributed by atoms with van der Waals surface area (Å²) >= 11 is 3.10. The molecule has 0 bridgehead atoms. The van der Waals surface area contributed by atoms with Gasteiger partial charge in [0, 0.05) is 6.20 Å². The molecule has 0 radical (unpaired) electrons. The number of hydrogen-bond donors (Lipinski definition) is 0. The Balaban J connectivity index is 3.30. The molecule has 0 fully saturated rings. The summed E-state index contributed by atoms with van der Waals surface area (Å²) in [5.41, 5.74) is 1.21. The van der Waals surface area contributed by atoms with Crippen LogP contribution in [-0.2, 0) is 0 Å². The van der Waals surface area contributed by atoms with Crippen LogP contribution >= 0.6 is 15.9 Å². The summed E-state index contributed by atoms with van der Waals surface area (Å²) in [6.45, 7) is 1.81. The third-order valence-corrected chi connectivity index (χ3v) is 1.75. The first kappa shape index (κ1) is 7.34. The van der Waals surface area contributed by atoms with Crippen LogP contribution in [0.3, 0.4) is 0 Å². The van der Waals surface area contributed by atoms with Gasteiger partial charge in [-0.05, 0) is 39.7 Å². The van der Waals surface area contributed by atoms with Gasteiger partial charge in [0.05, 0.1) is 0 Å². The van der Waals surface area contributed by atoms with E-state index in [-0.39, 0.29) is 0 Å². The SMILES string of the molecule is Cc1ccnc(Br)c1N=O. The average molecular weight is 201 g/mol. The summed E-state index contributed by atoms with van der Waals surface area (Å²) in [6.07, 6.45) is 1.62. The maximum absolute atomic E-state index is 10.1. The molecule has 0 spiro atoms. The zero-order valence-electron chi connectivity index (χ0n) is 5.34. The Morgan fingerprint density at radius 1 is 1.70 bits per heavy atom. The first-order chi connectivity index (χ1) is 4.75. The lowest BCUT2D eigenvalue weighted by Gasteiger charge is -1.95. The molecule has 4 heteroatoms. The number of aromatic nitrogens is 1. The Morgan fingerprint density at radius 3 is 2.80 bits per heavy atom. The van der Waals surface area contributed by atoms with Gasteiger partial charge >= 0.3 is 0 Å². The molecule has 0 unspecified atom stereocenters. The molecule has 1 rings (SSSR count). The Kier molecular flexibility index (Phi) is 2.11. The highest BCUT2D eigenvalue weighted by Gasteiger charge is 2.02. The number of aryl methyl sites for hydroxylation is 1. The largest absolute Gasteiger partial charge is 0.247 e. The van der Waals surface area contributed by atoms with Crippen LogP contribution in [-0.4, -0.2) is 4.98 Å². The second-order valence-corrected chi connectivity index (χ2v) is 2.61. The van der Waals surface area contributed by atoms with Gasteiger partial charge in [-0.3, -0.25) is 0 Å². The van der Waals surface area contributed by atoms with Crippen molar-refractivity contribution in [3.05, 3.63) is 27.3 Å². The highest BCUT2D eigenvalue weighted by molar-refractivity contribution is 9.10. The van der Waals surface area contributed by atoms with Crippen LogP contribution < -0.4 is 0 Å². The van der Waals surface area contributed by atoms with Gasteiger partial charge < -0.3 is 0 Å². The van der Waals surface area contributed by atoms with Gasteiger partial charge in [-0.1, -0.05) is 0 Å². The summed E-state index contributed by atoms with van der Waals surface area (Å²) in [4.78, 5) is 14.0. The molecule has 1 aromatic rings. The van der Waals surface area contributed by atoms with Crippen molar-refractivity contribution in [1.29, 1.82) is 0 Å². The molecule has 52 valence electrons. The topological polar surface area (TPSA) is 42.3 Å². The van der Waals surface area contributed by atoms with Crippen molar-refractivity contribution in [2.75, 3.05) is 0 Å². The number of hydrogen-bond acceptors (Lipinski definition) is 3. The Morgan fingerprint density at radius 2 is 2.40 bits per heavy atom. The Hall–Kier alpha value is -0.770. The van der Waals surface area contributed by atoms with Crippen molar-refractivity contribution in [2.24, 2.45) is 5.18 Å². The van der Waals surface area contributed by atoms with Crippen LogP contribution in [0, 0.1) is 11.8 Å². The maximum Gasteiger partial charge on any atom is 0.143 e. The minimum atomic E-state index is 0.377. The van der Waals surface area contributed by atoms with E-state index in [4.69, 9.17) is 0 Å². The zero-order chi connectivity index (χ0) is 7.56. The molecule has 0 aliphatic carbocycles. The van der Waals surface area contributed by atoms with E-state index in [0.717, 1.165) is 5.56 Å². The molecule has 0 aliphatic heterocycles. The molecular weight excluding hydrogens is 196 g/mol. The van der Waals surface area contributed by atoms with E-state index in [0.29, 0.717) is 10.3 Å². The van der Waals surface area contributed by atoms with Gasteiger partial charge in [-0.25, -0.2) is 4.98 Å². The van der Waals surface area contributed by atoms with Gasteiger partial charge in [0.2, 0.25) is 0 Å². The molecule has 1 aromatic heterocycles. The third kappa shape index (κ3) is 1.21. The monoisotopic (exact) mass is 200 g/mol. The number of halogens is 1. The van der Waals surface area contributed by atoms with Crippen LogP contribution in [0.25, 0.3) is 0 Å². The van der Waals surface area contributed by atoms with Gasteiger partial charge in [-0.2, -0.15) is 0 Å². The second kappa shape index (κ2) is 2.88. The predicted molar refractivity (Wildman–Crippen MR) is 42.1 cm³/mol. The van der Waals surface area contributed by atoms with E-state index >= 15 is 0 Å². The lowest BCUT2D eigenvalue weighted by Crippen LogP contribution is -1.78. The summed E-state index contributed by atoms with van der Waals surface area (Å²) in [5.74, 6) is 0. The molecule has 0 atom stereocenters. The highest BCUT2D eigenvalue weighted by Crippen LogP contribution is 2.25. The minimum absolute atomic E-state index is 0.377. The molecule has 0 N–H and O–H groups in total. The van der Waals surface area contributed by atoms with Crippen molar-refractivity contribution in [3.63, 3.8) is 0 Å². The summed E-state index contributed by atoms with van der Waals surface area (Å²) in [6, 6.07) is 1.74. The molecule has 0 aliphatic rings. The van der Waals surface area contributed by atoms with Crippen molar-refractivity contribution in [1.82, 2.24) is 4.98 Å². The molecule has 0 aromatic carbocycles. The van der Waals surface area contributed by atoms with Crippen LogP contribution in [0.1, 0.15) is 5.56 Å². The van der Waals surface area contributed by atoms with Crippen LogP contribution in [0.15, 0.2) is 22.0 Å². The van der Waals surface area contributed by atoms with E-state index in [1.54, 1.807) is 12.3 Å².